The summed E-state index contributed by atoms with van der Waals surface area (Å²) in [5.74, 6) is 2.81. The number of hydrogen-bond donors (Lipinski definition) is 0. The van der Waals surface area contributed by atoms with Gasteiger partial charge in [0.1, 0.15) is 11.5 Å². The van der Waals surface area contributed by atoms with E-state index in [1.807, 2.05) is 12.1 Å². The molecule has 0 aliphatic heterocycles. The number of likely N-dealkylation sites (N-methyl/N-ethyl adjacent to an activating group) is 1. The van der Waals surface area contributed by atoms with Crippen LogP contribution in [0.2, 0.25) is 0 Å². The third-order valence-electron chi connectivity index (χ3n) is 4.72. The summed E-state index contributed by atoms with van der Waals surface area (Å²) in [4.78, 5) is 14.2. The quantitative estimate of drug-likeness (QED) is 0.759. The van der Waals surface area contributed by atoms with Crippen LogP contribution in [0.3, 0.4) is 0 Å². The minimum atomic E-state index is -3.35. The molecule has 0 spiro atoms. The Kier molecular flexibility index (Phi) is 4.27. The predicted molar refractivity (Wildman–Crippen MR) is 86.3 cm³/mol. The highest BCUT2D eigenvalue weighted by molar-refractivity contribution is 7.88. The van der Waals surface area contributed by atoms with Crippen LogP contribution in [0.25, 0.3) is 0 Å². The molecule has 2 atom stereocenters. The highest BCUT2D eigenvalue weighted by Crippen LogP contribution is 2.47. The van der Waals surface area contributed by atoms with Crippen molar-refractivity contribution in [3.05, 3.63) is 23.7 Å². The van der Waals surface area contributed by atoms with Crippen molar-refractivity contribution in [1.82, 2.24) is 9.21 Å². The summed E-state index contributed by atoms with van der Waals surface area (Å²) in [7, 11) is -1.92. The molecule has 23 heavy (non-hydrogen) atoms. The largest absolute Gasteiger partial charge is 0.464 e. The van der Waals surface area contributed by atoms with Crippen molar-refractivity contribution in [1.29, 1.82) is 0 Å². The van der Waals surface area contributed by atoms with Crippen molar-refractivity contribution in [3.63, 3.8) is 0 Å². The first kappa shape index (κ1) is 16.5. The van der Waals surface area contributed by atoms with E-state index in [4.69, 9.17) is 4.42 Å². The molecule has 3 rings (SSSR count). The van der Waals surface area contributed by atoms with E-state index in [0.29, 0.717) is 18.4 Å². The Morgan fingerprint density at radius 2 is 2.00 bits per heavy atom. The third kappa shape index (κ3) is 3.95. The van der Waals surface area contributed by atoms with E-state index >= 15 is 0 Å². The van der Waals surface area contributed by atoms with E-state index in [1.54, 1.807) is 4.90 Å². The Hall–Kier alpha value is -1.34. The van der Waals surface area contributed by atoms with Crippen molar-refractivity contribution in [2.75, 3.05) is 19.8 Å². The van der Waals surface area contributed by atoms with E-state index in [2.05, 4.69) is 6.92 Å². The van der Waals surface area contributed by atoms with Crippen LogP contribution in [0, 0.1) is 5.92 Å². The number of carbonyl (C=O) groups is 1. The number of rotatable bonds is 7. The molecule has 7 heteroatoms. The van der Waals surface area contributed by atoms with Gasteiger partial charge in [-0.3, -0.25) is 4.79 Å². The normalized spacial score (nSPS) is 24.0. The van der Waals surface area contributed by atoms with Gasteiger partial charge in [-0.15, -0.1) is 0 Å². The summed E-state index contributed by atoms with van der Waals surface area (Å²) in [5, 5.41) is 0. The Balaban J connectivity index is 1.65. The van der Waals surface area contributed by atoms with Crippen molar-refractivity contribution in [2.45, 2.75) is 44.7 Å². The SMILES string of the molecule is CC1CC1c1ccc(CN(C(=O)CN(C)S(C)(=O)=O)C2CC2)o1. The number of furan rings is 1. The molecule has 6 nitrogen and oxygen atoms in total. The molecule has 2 saturated carbocycles. The number of amides is 1. The molecule has 1 aromatic rings. The average molecular weight is 340 g/mol. The summed E-state index contributed by atoms with van der Waals surface area (Å²) in [6.07, 6.45) is 4.22. The van der Waals surface area contributed by atoms with E-state index in [0.717, 1.165) is 41.3 Å². The van der Waals surface area contributed by atoms with Gasteiger partial charge in [-0.2, -0.15) is 4.31 Å². The summed E-state index contributed by atoms with van der Waals surface area (Å²) in [6.45, 7) is 2.50. The fraction of sp³-hybridized carbons (Fsp3) is 0.688. The molecular formula is C16H24N2O4S. The number of hydrogen-bond acceptors (Lipinski definition) is 4. The lowest BCUT2D eigenvalue weighted by atomic mass is 10.3. The first-order chi connectivity index (χ1) is 10.8. The summed E-state index contributed by atoms with van der Waals surface area (Å²) in [5.41, 5.74) is 0. The zero-order valence-electron chi connectivity index (χ0n) is 13.9. The molecular weight excluding hydrogens is 316 g/mol. The fourth-order valence-electron chi connectivity index (χ4n) is 2.77. The van der Waals surface area contributed by atoms with Crippen LogP contribution < -0.4 is 0 Å². The lowest BCUT2D eigenvalue weighted by Crippen LogP contribution is -2.41. The maximum atomic E-state index is 12.5. The monoisotopic (exact) mass is 340 g/mol. The Morgan fingerprint density at radius 1 is 1.35 bits per heavy atom. The maximum Gasteiger partial charge on any atom is 0.238 e. The summed E-state index contributed by atoms with van der Waals surface area (Å²) < 4.78 is 29.9. The smallest absolute Gasteiger partial charge is 0.238 e. The molecule has 0 saturated heterocycles. The summed E-state index contributed by atoms with van der Waals surface area (Å²) >= 11 is 0. The van der Waals surface area contributed by atoms with Gasteiger partial charge in [0.05, 0.1) is 19.3 Å². The first-order valence-corrected chi connectivity index (χ1v) is 9.90. The zero-order chi connectivity index (χ0) is 16.8. The fourth-order valence-corrected chi connectivity index (χ4v) is 3.12. The standard InChI is InChI=1S/C16H24N2O4S/c1-11-8-14(11)15-7-6-13(22-15)9-18(12-4-5-12)16(19)10-17(2)23(3,20)21/h6-7,11-12,14H,4-5,8-10H2,1-3H3. The molecule has 1 aromatic heterocycles. The maximum absolute atomic E-state index is 12.5. The van der Waals surface area contributed by atoms with Crippen LogP contribution in [-0.2, 0) is 21.4 Å². The first-order valence-electron chi connectivity index (χ1n) is 8.05. The molecule has 0 N–H and O–H groups in total. The van der Waals surface area contributed by atoms with E-state index in [1.165, 1.54) is 7.05 Å². The van der Waals surface area contributed by atoms with Gasteiger partial charge in [0.2, 0.25) is 15.9 Å². The lowest BCUT2D eigenvalue weighted by molar-refractivity contribution is -0.132. The molecule has 1 amide bonds. The average Bonchev–Trinajstić information content (AvgIpc) is 3.36. The molecule has 2 fully saturated rings. The Labute approximate surface area is 137 Å². The molecule has 2 aliphatic carbocycles. The molecule has 2 aliphatic rings. The highest BCUT2D eigenvalue weighted by atomic mass is 32.2. The van der Waals surface area contributed by atoms with Gasteiger partial charge in [-0.25, -0.2) is 8.42 Å². The summed E-state index contributed by atoms with van der Waals surface area (Å²) in [6, 6.07) is 4.15. The van der Waals surface area contributed by atoms with E-state index < -0.39 is 10.0 Å². The van der Waals surface area contributed by atoms with Gasteiger partial charge in [-0.1, -0.05) is 6.92 Å². The van der Waals surface area contributed by atoms with Gasteiger partial charge in [-0.05, 0) is 37.3 Å². The zero-order valence-corrected chi connectivity index (χ0v) is 14.7. The highest BCUT2D eigenvalue weighted by Gasteiger charge is 2.37. The lowest BCUT2D eigenvalue weighted by Gasteiger charge is -2.24. The molecule has 0 aromatic carbocycles. The molecule has 0 bridgehead atoms. The number of nitrogens with zero attached hydrogens (tertiary/aromatic N) is 2. The molecule has 0 radical (unpaired) electrons. The topological polar surface area (TPSA) is 70.8 Å². The Morgan fingerprint density at radius 3 is 2.52 bits per heavy atom. The van der Waals surface area contributed by atoms with Gasteiger partial charge in [0, 0.05) is 19.0 Å². The molecule has 1 heterocycles. The van der Waals surface area contributed by atoms with Crippen molar-refractivity contribution in [3.8, 4) is 0 Å². The number of carbonyl (C=O) groups excluding carboxylic acids is 1. The van der Waals surface area contributed by atoms with Crippen molar-refractivity contribution >= 4 is 15.9 Å². The second-order valence-electron chi connectivity index (χ2n) is 6.90. The van der Waals surface area contributed by atoms with Crippen LogP contribution in [0.1, 0.15) is 43.6 Å². The molecule has 128 valence electrons. The van der Waals surface area contributed by atoms with Crippen LogP contribution in [0.5, 0.6) is 0 Å². The van der Waals surface area contributed by atoms with Crippen LogP contribution in [-0.4, -0.2) is 49.4 Å². The van der Waals surface area contributed by atoms with Gasteiger partial charge in [0.25, 0.3) is 0 Å². The van der Waals surface area contributed by atoms with Crippen LogP contribution in [0.4, 0.5) is 0 Å². The van der Waals surface area contributed by atoms with Crippen molar-refractivity contribution < 1.29 is 17.6 Å². The van der Waals surface area contributed by atoms with Crippen molar-refractivity contribution in [2.24, 2.45) is 5.92 Å². The Bertz CT molecular complexity index is 693. The molecule has 2 unspecified atom stereocenters. The van der Waals surface area contributed by atoms with Gasteiger partial charge in [0.15, 0.2) is 0 Å². The minimum absolute atomic E-state index is 0.122. The van der Waals surface area contributed by atoms with Gasteiger partial charge < -0.3 is 9.32 Å². The second kappa shape index (κ2) is 5.94. The van der Waals surface area contributed by atoms with E-state index in [9.17, 15) is 13.2 Å². The predicted octanol–water partition coefficient (Wildman–Crippen LogP) is 1.79. The minimum Gasteiger partial charge on any atom is -0.464 e. The van der Waals surface area contributed by atoms with Crippen LogP contribution in [0.15, 0.2) is 16.5 Å². The third-order valence-corrected chi connectivity index (χ3v) is 5.98. The van der Waals surface area contributed by atoms with Gasteiger partial charge >= 0.3 is 0 Å². The second-order valence-corrected chi connectivity index (χ2v) is 8.98. The van der Waals surface area contributed by atoms with Crippen LogP contribution >= 0.6 is 0 Å². The number of sulfonamides is 1. The van der Waals surface area contributed by atoms with E-state index in [-0.39, 0.29) is 18.5 Å².